The Labute approximate surface area is 235 Å². The maximum absolute atomic E-state index is 12.3. The van der Waals surface area contributed by atoms with Gasteiger partial charge in [-0.05, 0) is 83.5 Å². The van der Waals surface area contributed by atoms with Gasteiger partial charge in [-0.3, -0.25) is 9.78 Å². The van der Waals surface area contributed by atoms with Crippen LogP contribution in [0.25, 0.3) is 22.2 Å². The molecule has 1 aliphatic heterocycles. The van der Waals surface area contributed by atoms with Crippen LogP contribution in [-0.2, 0) is 4.79 Å². The van der Waals surface area contributed by atoms with Crippen LogP contribution in [0.4, 0.5) is 23.0 Å². The Morgan fingerprint density at radius 3 is 2.58 bits per heavy atom. The molecule has 5 rings (SSSR count). The molecule has 1 saturated heterocycles. The fraction of sp³-hybridized carbons (Fsp3) is 0.290. The van der Waals surface area contributed by atoms with Gasteiger partial charge in [0.2, 0.25) is 11.9 Å². The third-order valence-corrected chi connectivity index (χ3v) is 6.88. The number of likely N-dealkylation sites (N-methyl/N-ethyl adjacent to an activating group) is 1. The number of carbonyl (C=O) groups excluding carboxylic acids is 1. The van der Waals surface area contributed by atoms with Crippen molar-refractivity contribution in [3.63, 3.8) is 0 Å². The number of likely N-dealkylation sites (tertiary alicyclic amines) is 1. The molecule has 2 aromatic heterocycles. The SMILES string of the molecule is CN(C)C/C=C/C(=O)Nc1ccnc(-c2cccc3cnc(Nc4ccc(NC5CCN(C)CC5)cc4)nc23)c1. The lowest BCUT2D eigenvalue weighted by atomic mass is 10.1. The van der Waals surface area contributed by atoms with Gasteiger partial charge in [0.15, 0.2) is 0 Å². The monoisotopic (exact) mass is 536 g/mol. The van der Waals surface area contributed by atoms with Gasteiger partial charge in [0.1, 0.15) is 0 Å². The largest absolute Gasteiger partial charge is 0.382 e. The van der Waals surface area contributed by atoms with Gasteiger partial charge >= 0.3 is 0 Å². The first-order chi connectivity index (χ1) is 19.4. The van der Waals surface area contributed by atoms with Crippen LogP contribution in [0.1, 0.15) is 12.8 Å². The zero-order valence-electron chi connectivity index (χ0n) is 23.3. The average Bonchev–Trinajstić information content (AvgIpc) is 2.95. The number of anilines is 4. The van der Waals surface area contributed by atoms with E-state index in [9.17, 15) is 4.79 Å². The molecular weight excluding hydrogens is 500 g/mol. The molecule has 40 heavy (non-hydrogen) atoms. The fourth-order valence-corrected chi connectivity index (χ4v) is 4.70. The molecule has 0 radical (unpaired) electrons. The number of benzene rings is 2. The van der Waals surface area contributed by atoms with Crippen molar-refractivity contribution in [2.24, 2.45) is 0 Å². The lowest BCUT2D eigenvalue weighted by Crippen LogP contribution is -2.36. The quantitative estimate of drug-likeness (QED) is 0.257. The third-order valence-electron chi connectivity index (χ3n) is 6.88. The summed E-state index contributed by atoms with van der Waals surface area (Å²) in [5.74, 6) is 0.324. The summed E-state index contributed by atoms with van der Waals surface area (Å²) in [4.78, 5) is 30.6. The van der Waals surface area contributed by atoms with Crippen LogP contribution in [-0.4, -0.2) is 77.5 Å². The zero-order valence-corrected chi connectivity index (χ0v) is 23.3. The number of hydrogen-bond acceptors (Lipinski definition) is 8. The molecule has 0 unspecified atom stereocenters. The van der Waals surface area contributed by atoms with Crippen molar-refractivity contribution < 1.29 is 4.79 Å². The number of hydrogen-bond donors (Lipinski definition) is 3. The van der Waals surface area contributed by atoms with Crippen molar-refractivity contribution in [1.82, 2.24) is 24.8 Å². The number of rotatable bonds is 9. The number of nitrogens with zero attached hydrogens (tertiary/aromatic N) is 5. The van der Waals surface area contributed by atoms with E-state index in [0.717, 1.165) is 59.5 Å². The number of nitrogens with one attached hydrogen (secondary N) is 3. The van der Waals surface area contributed by atoms with E-state index in [1.165, 1.54) is 0 Å². The molecule has 3 heterocycles. The Bertz CT molecular complexity index is 1480. The van der Waals surface area contributed by atoms with Crippen molar-refractivity contribution in [1.29, 1.82) is 0 Å². The van der Waals surface area contributed by atoms with Gasteiger partial charge in [-0.25, -0.2) is 9.97 Å². The minimum atomic E-state index is -0.182. The maximum atomic E-state index is 12.3. The van der Waals surface area contributed by atoms with Crippen LogP contribution >= 0.6 is 0 Å². The van der Waals surface area contributed by atoms with E-state index in [0.29, 0.717) is 24.2 Å². The van der Waals surface area contributed by atoms with Gasteiger partial charge in [-0.2, -0.15) is 0 Å². The van der Waals surface area contributed by atoms with E-state index in [2.05, 4.69) is 50.0 Å². The Balaban J connectivity index is 1.30. The topological polar surface area (TPSA) is 98.3 Å². The molecule has 0 atom stereocenters. The van der Waals surface area contributed by atoms with Crippen LogP contribution in [0.15, 0.2) is 79.1 Å². The molecule has 2 aromatic carbocycles. The fourth-order valence-electron chi connectivity index (χ4n) is 4.70. The molecule has 4 aromatic rings. The van der Waals surface area contributed by atoms with Gasteiger partial charge in [0.05, 0.1) is 11.2 Å². The Morgan fingerprint density at radius 1 is 1.02 bits per heavy atom. The van der Waals surface area contributed by atoms with Crippen molar-refractivity contribution in [2.45, 2.75) is 18.9 Å². The predicted octanol–water partition coefficient (Wildman–Crippen LogP) is 5.00. The number of pyridine rings is 1. The molecular formula is C31H36N8O. The predicted molar refractivity (Wildman–Crippen MR) is 163 cm³/mol. The van der Waals surface area contributed by atoms with Gasteiger partial charge < -0.3 is 25.8 Å². The Morgan fingerprint density at radius 2 is 1.80 bits per heavy atom. The Kier molecular flexibility index (Phi) is 8.63. The summed E-state index contributed by atoms with van der Waals surface area (Å²) < 4.78 is 0. The summed E-state index contributed by atoms with van der Waals surface area (Å²) in [6.45, 7) is 2.95. The lowest BCUT2D eigenvalue weighted by Gasteiger charge is -2.30. The number of para-hydroxylation sites is 1. The highest BCUT2D eigenvalue weighted by atomic mass is 16.1. The first kappa shape index (κ1) is 27.2. The number of amides is 1. The van der Waals surface area contributed by atoms with Crippen LogP contribution < -0.4 is 16.0 Å². The summed E-state index contributed by atoms with van der Waals surface area (Å²) in [7, 11) is 6.09. The van der Waals surface area contributed by atoms with E-state index < -0.39 is 0 Å². The van der Waals surface area contributed by atoms with Crippen molar-refractivity contribution in [3.05, 3.63) is 79.1 Å². The van der Waals surface area contributed by atoms with Gasteiger partial charge in [0, 0.05) is 59.1 Å². The summed E-state index contributed by atoms with van der Waals surface area (Å²) in [5.41, 5.74) is 5.06. The summed E-state index contributed by atoms with van der Waals surface area (Å²) in [6.07, 6.45) is 9.18. The molecule has 0 bridgehead atoms. The third kappa shape index (κ3) is 7.19. The molecule has 9 nitrogen and oxygen atoms in total. The second-order valence-electron chi connectivity index (χ2n) is 10.4. The smallest absolute Gasteiger partial charge is 0.248 e. The highest BCUT2D eigenvalue weighted by Crippen LogP contribution is 2.28. The molecule has 0 spiro atoms. The number of piperidine rings is 1. The summed E-state index contributed by atoms with van der Waals surface area (Å²) in [6, 6.07) is 18.3. The van der Waals surface area contributed by atoms with Crippen LogP contribution in [0.2, 0.25) is 0 Å². The second kappa shape index (κ2) is 12.7. The zero-order chi connectivity index (χ0) is 27.9. The number of fused-ring (bicyclic) bond motifs is 1. The second-order valence-corrected chi connectivity index (χ2v) is 10.4. The standard InChI is InChI=1S/C31H36N8O/c1-38(2)17-5-8-29(40)35-26-13-16-32-28(20-26)27-7-4-6-22-21-33-31(37-30(22)27)36-24-11-9-23(10-12-24)34-25-14-18-39(3)19-15-25/h4-13,16,20-21,25,34H,14-15,17-19H2,1-3H3,(H,32,35,40)(H,33,36,37)/b8-5+. The number of carbonyl (C=O) groups is 1. The average molecular weight is 537 g/mol. The Hall–Kier alpha value is -4.34. The van der Waals surface area contributed by atoms with E-state index in [1.54, 1.807) is 18.3 Å². The normalized spacial score (nSPS) is 14.6. The van der Waals surface area contributed by atoms with Crippen LogP contribution in [0, 0.1) is 0 Å². The van der Waals surface area contributed by atoms with Gasteiger partial charge in [-0.1, -0.05) is 24.3 Å². The summed E-state index contributed by atoms with van der Waals surface area (Å²) in [5, 5.41) is 10.8. The lowest BCUT2D eigenvalue weighted by molar-refractivity contribution is -0.111. The molecule has 3 N–H and O–H groups in total. The van der Waals surface area contributed by atoms with Gasteiger partial charge in [0.25, 0.3) is 0 Å². The minimum absolute atomic E-state index is 0.182. The first-order valence-corrected chi connectivity index (χ1v) is 13.6. The number of aromatic nitrogens is 3. The molecule has 0 saturated carbocycles. The molecule has 206 valence electrons. The van der Waals surface area contributed by atoms with Crippen molar-refractivity contribution in [3.8, 4) is 11.3 Å². The van der Waals surface area contributed by atoms with Crippen LogP contribution in [0.5, 0.6) is 0 Å². The molecule has 0 aliphatic carbocycles. The highest BCUT2D eigenvalue weighted by molar-refractivity contribution is 6.00. The molecule has 1 aliphatic rings. The minimum Gasteiger partial charge on any atom is -0.382 e. The van der Waals surface area contributed by atoms with E-state index in [1.807, 2.05) is 67.7 Å². The highest BCUT2D eigenvalue weighted by Gasteiger charge is 2.16. The van der Waals surface area contributed by atoms with Crippen molar-refractivity contribution in [2.75, 3.05) is 56.7 Å². The van der Waals surface area contributed by atoms with Crippen LogP contribution in [0.3, 0.4) is 0 Å². The maximum Gasteiger partial charge on any atom is 0.248 e. The molecule has 1 fully saturated rings. The summed E-state index contributed by atoms with van der Waals surface area (Å²) >= 11 is 0. The van der Waals surface area contributed by atoms with E-state index in [-0.39, 0.29) is 5.91 Å². The van der Waals surface area contributed by atoms with E-state index >= 15 is 0 Å². The molecule has 9 heteroatoms. The first-order valence-electron chi connectivity index (χ1n) is 13.6. The molecule has 1 amide bonds. The van der Waals surface area contributed by atoms with E-state index in [4.69, 9.17) is 4.98 Å². The van der Waals surface area contributed by atoms with Crippen molar-refractivity contribution >= 4 is 39.8 Å². The van der Waals surface area contributed by atoms with Gasteiger partial charge in [-0.15, -0.1) is 0 Å².